The zero-order chi connectivity index (χ0) is 14.6. The smallest absolute Gasteiger partial charge is 0.326 e. The van der Waals surface area contributed by atoms with Gasteiger partial charge in [0.25, 0.3) is 5.91 Å². The number of carboxylic acids is 1. The molecule has 0 aliphatic heterocycles. The zero-order valence-electron chi connectivity index (χ0n) is 10.2. The van der Waals surface area contributed by atoms with Crippen molar-refractivity contribution < 1.29 is 23.5 Å². The van der Waals surface area contributed by atoms with Gasteiger partial charge in [0.05, 0.1) is 5.56 Å². The van der Waals surface area contributed by atoms with Crippen LogP contribution >= 0.6 is 0 Å². The molecular formula is C13H13F2NO3. The minimum Gasteiger partial charge on any atom is -0.480 e. The minimum atomic E-state index is -1.31. The van der Waals surface area contributed by atoms with Gasteiger partial charge in [0.15, 0.2) is 11.6 Å². The second-order valence-corrected chi connectivity index (χ2v) is 4.13. The lowest BCUT2D eigenvalue weighted by molar-refractivity contribution is -0.139. The molecule has 1 aromatic carbocycles. The number of carbonyl (C=O) groups is 2. The van der Waals surface area contributed by atoms with Crippen LogP contribution in [0.3, 0.4) is 0 Å². The summed E-state index contributed by atoms with van der Waals surface area (Å²) in [5.74, 6) is -4.72. The van der Waals surface area contributed by atoms with Gasteiger partial charge in [0, 0.05) is 0 Å². The number of halogens is 2. The number of carbonyl (C=O) groups excluding carboxylic acids is 1. The highest BCUT2D eigenvalue weighted by atomic mass is 19.2. The van der Waals surface area contributed by atoms with Crippen LogP contribution in [0, 0.1) is 11.6 Å². The molecule has 0 radical (unpaired) electrons. The number of nitrogens with one attached hydrogen (secondary N) is 1. The summed E-state index contributed by atoms with van der Waals surface area (Å²) in [6.07, 6.45) is 0.0119. The third-order valence-electron chi connectivity index (χ3n) is 2.35. The fourth-order valence-corrected chi connectivity index (χ4v) is 1.46. The predicted molar refractivity (Wildman–Crippen MR) is 64.7 cm³/mol. The minimum absolute atomic E-state index is 0.0119. The summed E-state index contributed by atoms with van der Waals surface area (Å²) in [6.45, 7) is 5.14. The number of hydrogen-bond acceptors (Lipinski definition) is 2. The van der Waals surface area contributed by atoms with Gasteiger partial charge in [0.2, 0.25) is 0 Å². The van der Waals surface area contributed by atoms with E-state index in [1.165, 1.54) is 6.07 Å². The van der Waals surface area contributed by atoms with Gasteiger partial charge in [-0.2, -0.15) is 0 Å². The average Bonchev–Trinajstić information content (AvgIpc) is 2.31. The average molecular weight is 269 g/mol. The maximum Gasteiger partial charge on any atom is 0.326 e. The molecule has 0 aliphatic rings. The molecule has 0 aromatic heterocycles. The molecule has 0 aliphatic carbocycles. The Labute approximate surface area is 108 Å². The Balaban J connectivity index is 2.91. The zero-order valence-corrected chi connectivity index (χ0v) is 10.2. The first-order valence-corrected chi connectivity index (χ1v) is 5.45. The van der Waals surface area contributed by atoms with Gasteiger partial charge in [0.1, 0.15) is 6.04 Å². The highest BCUT2D eigenvalue weighted by Gasteiger charge is 2.23. The highest BCUT2D eigenvalue weighted by Crippen LogP contribution is 2.12. The SMILES string of the molecule is C=C(C)C[C@H](NC(=O)c1cccc(F)c1F)C(=O)O. The lowest BCUT2D eigenvalue weighted by Gasteiger charge is -2.14. The Morgan fingerprint density at radius 1 is 1.42 bits per heavy atom. The quantitative estimate of drug-likeness (QED) is 0.804. The van der Waals surface area contributed by atoms with E-state index in [1.54, 1.807) is 6.92 Å². The Hall–Kier alpha value is -2.24. The molecule has 19 heavy (non-hydrogen) atoms. The second kappa shape index (κ2) is 6.08. The van der Waals surface area contributed by atoms with Crippen molar-refractivity contribution in [2.45, 2.75) is 19.4 Å². The monoisotopic (exact) mass is 269 g/mol. The molecule has 0 bridgehead atoms. The van der Waals surface area contributed by atoms with E-state index in [2.05, 4.69) is 11.9 Å². The first kappa shape index (κ1) is 14.8. The van der Waals surface area contributed by atoms with Crippen molar-refractivity contribution in [1.29, 1.82) is 0 Å². The number of hydrogen-bond donors (Lipinski definition) is 2. The van der Waals surface area contributed by atoms with Crippen LogP contribution in [-0.2, 0) is 4.79 Å². The molecule has 6 heteroatoms. The molecule has 0 fully saturated rings. The van der Waals surface area contributed by atoms with Gasteiger partial charge < -0.3 is 10.4 Å². The lowest BCUT2D eigenvalue weighted by Crippen LogP contribution is -2.41. The van der Waals surface area contributed by atoms with Gasteiger partial charge in [-0.15, -0.1) is 6.58 Å². The van der Waals surface area contributed by atoms with E-state index >= 15 is 0 Å². The van der Waals surface area contributed by atoms with Gasteiger partial charge >= 0.3 is 5.97 Å². The van der Waals surface area contributed by atoms with Crippen molar-refractivity contribution in [3.8, 4) is 0 Å². The molecule has 1 rings (SSSR count). The molecular weight excluding hydrogens is 256 g/mol. The Bertz CT molecular complexity index is 529. The van der Waals surface area contributed by atoms with E-state index in [4.69, 9.17) is 5.11 Å². The predicted octanol–water partition coefficient (Wildman–Crippen LogP) is 2.11. The van der Waals surface area contributed by atoms with E-state index in [0.717, 1.165) is 12.1 Å². The first-order valence-electron chi connectivity index (χ1n) is 5.45. The number of rotatable bonds is 5. The summed E-state index contributed by atoms with van der Waals surface area (Å²) in [5, 5.41) is 11.0. The summed E-state index contributed by atoms with van der Waals surface area (Å²) < 4.78 is 26.3. The molecule has 1 amide bonds. The van der Waals surface area contributed by atoms with E-state index in [-0.39, 0.29) is 6.42 Å². The van der Waals surface area contributed by atoms with Crippen LogP contribution in [0.15, 0.2) is 30.4 Å². The largest absolute Gasteiger partial charge is 0.480 e. The third-order valence-corrected chi connectivity index (χ3v) is 2.35. The molecule has 0 saturated carbocycles. The van der Waals surface area contributed by atoms with Crippen LogP contribution in [0.4, 0.5) is 8.78 Å². The van der Waals surface area contributed by atoms with Crippen LogP contribution in [0.25, 0.3) is 0 Å². The second-order valence-electron chi connectivity index (χ2n) is 4.13. The maximum absolute atomic E-state index is 13.4. The van der Waals surface area contributed by atoms with Crippen LogP contribution in [0.1, 0.15) is 23.7 Å². The van der Waals surface area contributed by atoms with Crippen molar-refractivity contribution in [3.63, 3.8) is 0 Å². The number of carboxylic acid groups (broad SMARTS) is 1. The summed E-state index contributed by atoms with van der Waals surface area (Å²) >= 11 is 0. The first-order chi connectivity index (χ1) is 8.82. The fraction of sp³-hybridized carbons (Fsp3) is 0.231. The van der Waals surface area contributed by atoms with Crippen molar-refractivity contribution in [3.05, 3.63) is 47.5 Å². The molecule has 102 valence electrons. The van der Waals surface area contributed by atoms with Crippen molar-refractivity contribution in [2.75, 3.05) is 0 Å². The third kappa shape index (κ3) is 3.87. The molecule has 0 saturated heterocycles. The molecule has 2 N–H and O–H groups in total. The van der Waals surface area contributed by atoms with E-state index < -0.39 is 35.1 Å². The normalized spacial score (nSPS) is 11.7. The number of benzene rings is 1. The van der Waals surface area contributed by atoms with Crippen LogP contribution in [0.5, 0.6) is 0 Å². The Kier molecular flexibility index (Phi) is 4.74. The van der Waals surface area contributed by atoms with Crippen LogP contribution in [-0.4, -0.2) is 23.0 Å². The summed E-state index contributed by atoms with van der Waals surface area (Å²) in [7, 11) is 0. The van der Waals surface area contributed by atoms with Crippen molar-refractivity contribution in [2.24, 2.45) is 0 Å². The molecule has 0 unspecified atom stereocenters. The van der Waals surface area contributed by atoms with E-state index in [1.807, 2.05) is 0 Å². The van der Waals surface area contributed by atoms with Crippen molar-refractivity contribution >= 4 is 11.9 Å². The number of aliphatic carboxylic acids is 1. The van der Waals surface area contributed by atoms with Gasteiger partial charge in [-0.05, 0) is 25.5 Å². The summed E-state index contributed by atoms with van der Waals surface area (Å²) in [4.78, 5) is 22.6. The molecule has 4 nitrogen and oxygen atoms in total. The summed E-state index contributed by atoms with van der Waals surface area (Å²) in [5.41, 5.74) is 0.0142. The van der Waals surface area contributed by atoms with E-state index in [9.17, 15) is 18.4 Å². The van der Waals surface area contributed by atoms with Crippen LogP contribution in [0.2, 0.25) is 0 Å². The van der Waals surface area contributed by atoms with E-state index in [0.29, 0.717) is 5.57 Å². The molecule has 1 aromatic rings. The van der Waals surface area contributed by atoms with Gasteiger partial charge in [-0.25, -0.2) is 13.6 Å². The van der Waals surface area contributed by atoms with Gasteiger partial charge in [-0.3, -0.25) is 4.79 Å². The van der Waals surface area contributed by atoms with Crippen molar-refractivity contribution in [1.82, 2.24) is 5.32 Å². The Morgan fingerprint density at radius 3 is 2.58 bits per heavy atom. The molecule has 1 atom stereocenters. The number of amides is 1. The maximum atomic E-state index is 13.4. The van der Waals surface area contributed by atoms with Gasteiger partial charge in [-0.1, -0.05) is 11.6 Å². The highest BCUT2D eigenvalue weighted by molar-refractivity contribution is 5.96. The molecule has 0 spiro atoms. The standard InChI is InChI=1S/C13H13F2NO3/c1-7(2)6-10(13(18)19)16-12(17)8-4-3-5-9(14)11(8)15/h3-5,10H,1,6H2,2H3,(H,16,17)(H,18,19)/t10-/m0/s1. The van der Waals surface area contributed by atoms with Crippen LogP contribution < -0.4 is 5.32 Å². The lowest BCUT2D eigenvalue weighted by atomic mass is 10.1. The fourth-order valence-electron chi connectivity index (χ4n) is 1.46. The topological polar surface area (TPSA) is 66.4 Å². The summed E-state index contributed by atoms with van der Waals surface area (Å²) in [6, 6.07) is 1.89. The molecule has 0 heterocycles. The Morgan fingerprint density at radius 2 is 2.05 bits per heavy atom.